The number of pyridine rings is 1. The highest BCUT2D eigenvalue weighted by Crippen LogP contribution is 2.21. The van der Waals surface area contributed by atoms with Crippen molar-refractivity contribution < 1.29 is 0 Å². The van der Waals surface area contributed by atoms with E-state index in [9.17, 15) is 0 Å². The zero-order valence-corrected chi connectivity index (χ0v) is 10.5. The fourth-order valence-electron chi connectivity index (χ4n) is 2.16. The van der Waals surface area contributed by atoms with Crippen LogP contribution in [0.2, 0.25) is 0 Å². The van der Waals surface area contributed by atoms with Gasteiger partial charge in [-0.15, -0.1) is 12.4 Å². The van der Waals surface area contributed by atoms with Crippen molar-refractivity contribution in [3.8, 4) is 0 Å². The minimum Gasteiger partial charge on any atom is -0.356 e. The van der Waals surface area contributed by atoms with Gasteiger partial charge in [-0.25, -0.2) is 4.98 Å². The molecular weight excluding hydrogens is 222 g/mol. The van der Waals surface area contributed by atoms with Gasteiger partial charge in [-0.1, -0.05) is 0 Å². The summed E-state index contributed by atoms with van der Waals surface area (Å²) in [6, 6.07) is 4.19. The fourth-order valence-corrected chi connectivity index (χ4v) is 2.16. The summed E-state index contributed by atoms with van der Waals surface area (Å²) in [5.74, 6) is 1.74. The number of hydrogen-bond acceptors (Lipinski definition) is 3. The average molecular weight is 242 g/mol. The van der Waals surface area contributed by atoms with E-state index in [0.717, 1.165) is 25.5 Å². The van der Waals surface area contributed by atoms with Crippen molar-refractivity contribution in [2.45, 2.75) is 19.8 Å². The van der Waals surface area contributed by atoms with Gasteiger partial charge in [0.2, 0.25) is 0 Å². The summed E-state index contributed by atoms with van der Waals surface area (Å²) >= 11 is 0. The summed E-state index contributed by atoms with van der Waals surface area (Å²) in [5.41, 5.74) is 7.00. The molecule has 1 aromatic heterocycles. The molecule has 0 aliphatic carbocycles. The molecule has 3 nitrogen and oxygen atoms in total. The zero-order valence-electron chi connectivity index (χ0n) is 9.72. The molecule has 0 radical (unpaired) electrons. The van der Waals surface area contributed by atoms with Crippen LogP contribution < -0.4 is 10.6 Å². The zero-order chi connectivity index (χ0) is 10.7. The number of halogens is 1. The van der Waals surface area contributed by atoms with E-state index in [1.807, 2.05) is 12.3 Å². The first-order valence-corrected chi connectivity index (χ1v) is 5.67. The first kappa shape index (κ1) is 13.3. The highest BCUT2D eigenvalue weighted by Gasteiger charge is 2.19. The smallest absolute Gasteiger partial charge is 0.128 e. The van der Waals surface area contributed by atoms with E-state index in [0.29, 0.717) is 5.92 Å². The van der Waals surface area contributed by atoms with Gasteiger partial charge in [0.05, 0.1) is 0 Å². The molecule has 1 fully saturated rings. The number of aryl methyl sites for hydroxylation is 1. The number of rotatable bonds is 2. The molecule has 16 heavy (non-hydrogen) atoms. The van der Waals surface area contributed by atoms with Crippen molar-refractivity contribution in [1.82, 2.24) is 4.98 Å². The van der Waals surface area contributed by atoms with Crippen molar-refractivity contribution in [2.24, 2.45) is 11.7 Å². The van der Waals surface area contributed by atoms with Crippen LogP contribution in [0.15, 0.2) is 18.3 Å². The summed E-state index contributed by atoms with van der Waals surface area (Å²) < 4.78 is 0. The summed E-state index contributed by atoms with van der Waals surface area (Å²) in [5, 5.41) is 0. The largest absolute Gasteiger partial charge is 0.356 e. The number of nitrogens with two attached hydrogens (primary N) is 1. The summed E-state index contributed by atoms with van der Waals surface area (Å²) in [7, 11) is 0. The van der Waals surface area contributed by atoms with E-state index < -0.39 is 0 Å². The Morgan fingerprint density at radius 1 is 1.56 bits per heavy atom. The van der Waals surface area contributed by atoms with E-state index in [1.54, 1.807) is 0 Å². The Balaban J connectivity index is 0.00000128. The molecule has 1 unspecified atom stereocenters. The Morgan fingerprint density at radius 3 is 3.06 bits per heavy atom. The monoisotopic (exact) mass is 241 g/mol. The van der Waals surface area contributed by atoms with Gasteiger partial charge >= 0.3 is 0 Å². The molecule has 4 heteroatoms. The lowest BCUT2D eigenvalue weighted by atomic mass is 9.98. The lowest BCUT2D eigenvalue weighted by molar-refractivity contribution is 0.421. The van der Waals surface area contributed by atoms with Crippen molar-refractivity contribution in [3.05, 3.63) is 23.9 Å². The molecule has 0 amide bonds. The minimum atomic E-state index is 0. The van der Waals surface area contributed by atoms with Gasteiger partial charge in [0.15, 0.2) is 0 Å². The van der Waals surface area contributed by atoms with Crippen LogP contribution in [-0.2, 0) is 0 Å². The third-order valence-corrected chi connectivity index (χ3v) is 3.08. The maximum absolute atomic E-state index is 5.73. The lowest BCUT2D eigenvalue weighted by Crippen LogP contribution is -2.38. The van der Waals surface area contributed by atoms with Crippen LogP contribution in [0, 0.1) is 12.8 Å². The second kappa shape index (κ2) is 6.06. The highest BCUT2D eigenvalue weighted by atomic mass is 35.5. The minimum absolute atomic E-state index is 0. The van der Waals surface area contributed by atoms with Crippen LogP contribution in [0.3, 0.4) is 0 Å². The lowest BCUT2D eigenvalue weighted by Gasteiger charge is -2.33. The van der Waals surface area contributed by atoms with Crippen molar-refractivity contribution in [3.63, 3.8) is 0 Å². The Morgan fingerprint density at radius 2 is 2.38 bits per heavy atom. The first-order valence-electron chi connectivity index (χ1n) is 5.67. The maximum atomic E-state index is 5.73. The van der Waals surface area contributed by atoms with Gasteiger partial charge in [0.25, 0.3) is 0 Å². The first-order chi connectivity index (χ1) is 7.29. The number of hydrogen-bond donors (Lipinski definition) is 1. The molecule has 1 saturated heterocycles. The van der Waals surface area contributed by atoms with E-state index in [2.05, 4.69) is 22.9 Å². The number of aromatic nitrogens is 1. The van der Waals surface area contributed by atoms with Crippen LogP contribution in [0.5, 0.6) is 0 Å². The molecule has 1 atom stereocenters. The summed E-state index contributed by atoms with van der Waals surface area (Å²) in [4.78, 5) is 6.77. The van der Waals surface area contributed by atoms with Crippen LogP contribution >= 0.6 is 12.4 Å². The molecule has 0 spiro atoms. The van der Waals surface area contributed by atoms with Gasteiger partial charge in [-0.2, -0.15) is 0 Å². The topological polar surface area (TPSA) is 42.2 Å². The Hall–Kier alpha value is -0.800. The highest BCUT2D eigenvalue weighted by molar-refractivity contribution is 5.85. The Kier molecular flexibility index (Phi) is 5.03. The third kappa shape index (κ3) is 3.09. The van der Waals surface area contributed by atoms with Gasteiger partial charge in [-0.05, 0) is 49.9 Å². The molecule has 0 saturated carbocycles. The molecule has 1 aliphatic rings. The van der Waals surface area contributed by atoms with Crippen LogP contribution in [0.1, 0.15) is 18.4 Å². The van der Waals surface area contributed by atoms with E-state index in [1.165, 1.54) is 18.4 Å². The normalized spacial score (nSPS) is 20.4. The number of nitrogens with zero attached hydrogens (tertiary/aromatic N) is 2. The predicted molar refractivity (Wildman–Crippen MR) is 70.2 cm³/mol. The number of anilines is 1. The van der Waals surface area contributed by atoms with Gasteiger partial charge in [0, 0.05) is 19.3 Å². The molecule has 0 aromatic carbocycles. The Labute approximate surface area is 103 Å². The van der Waals surface area contributed by atoms with Gasteiger partial charge in [0.1, 0.15) is 5.82 Å². The predicted octanol–water partition coefficient (Wildman–Crippen LogP) is 1.99. The second-order valence-electron chi connectivity index (χ2n) is 4.38. The second-order valence-corrected chi connectivity index (χ2v) is 4.38. The van der Waals surface area contributed by atoms with Crippen LogP contribution in [-0.4, -0.2) is 24.6 Å². The van der Waals surface area contributed by atoms with Crippen molar-refractivity contribution in [1.29, 1.82) is 0 Å². The standard InChI is InChI=1S/C12H19N3.ClH/c1-10-4-5-14-12(7-10)15-6-2-3-11(8-13)9-15;/h4-5,7,11H,2-3,6,8-9,13H2,1H3;1H. The molecule has 0 bridgehead atoms. The summed E-state index contributed by atoms with van der Waals surface area (Å²) in [6.07, 6.45) is 4.38. The van der Waals surface area contributed by atoms with Crippen LogP contribution in [0.25, 0.3) is 0 Å². The third-order valence-electron chi connectivity index (χ3n) is 3.08. The quantitative estimate of drug-likeness (QED) is 0.861. The maximum Gasteiger partial charge on any atom is 0.128 e. The van der Waals surface area contributed by atoms with E-state index in [4.69, 9.17) is 5.73 Å². The number of piperidine rings is 1. The molecule has 1 aromatic rings. The molecule has 1 aliphatic heterocycles. The molecule has 2 heterocycles. The Bertz CT molecular complexity index is 330. The van der Waals surface area contributed by atoms with E-state index in [-0.39, 0.29) is 12.4 Å². The molecule has 90 valence electrons. The van der Waals surface area contributed by atoms with E-state index >= 15 is 0 Å². The van der Waals surface area contributed by atoms with Crippen molar-refractivity contribution >= 4 is 18.2 Å². The van der Waals surface area contributed by atoms with Gasteiger partial charge < -0.3 is 10.6 Å². The molecule has 2 N–H and O–H groups in total. The average Bonchev–Trinajstić information content (AvgIpc) is 2.29. The summed E-state index contributed by atoms with van der Waals surface area (Å²) in [6.45, 7) is 5.08. The SMILES string of the molecule is Cc1ccnc(N2CCCC(CN)C2)c1.Cl. The van der Waals surface area contributed by atoms with Crippen molar-refractivity contribution in [2.75, 3.05) is 24.5 Å². The molecule has 2 rings (SSSR count). The van der Waals surface area contributed by atoms with Crippen LogP contribution in [0.4, 0.5) is 5.82 Å². The van der Waals surface area contributed by atoms with Gasteiger partial charge in [-0.3, -0.25) is 0 Å². The molecular formula is C12H20ClN3. The fraction of sp³-hybridized carbons (Fsp3) is 0.583.